The van der Waals surface area contributed by atoms with E-state index in [0.29, 0.717) is 6.54 Å². The Morgan fingerprint density at radius 1 is 1.45 bits per heavy atom. The summed E-state index contributed by atoms with van der Waals surface area (Å²) in [6.45, 7) is 2.22. The van der Waals surface area contributed by atoms with Crippen molar-refractivity contribution in [1.29, 1.82) is 0 Å². The Kier molecular flexibility index (Phi) is 4.64. The van der Waals surface area contributed by atoms with Gasteiger partial charge in [0.25, 0.3) is 0 Å². The number of nitrogens with one attached hydrogen (secondary N) is 1. The third kappa shape index (κ3) is 3.69. The number of aromatic nitrogens is 3. The van der Waals surface area contributed by atoms with E-state index in [1.54, 1.807) is 30.2 Å². The van der Waals surface area contributed by atoms with Crippen LogP contribution in [0.2, 0.25) is 10.2 Å². The van der Waals surface area contributed by atoms with Gasteiger partial charge in [-0.2, -0.15) is 0 Å². The highest BCUT2D eigenvalue weighted by atomic mass is 35.5. The molecule has 0 bridgehead atoms. The Morgan fingerprint density at radius 3 is 2.80 bits per heavy atom. The molecule has 0 spiro atoms. The summed E-state index contributed by atoms with van der Waals surface area (Å²) in [5.74, 6) is 0. The van der Waals surface area contributed by atoms with Crippen molar-refractivity contribution < 1.29 is 8.42 Å². The van der Waals surface area contributed by atoms with Gasteiger partial charge >= 0.3 is 0 Å². The van der Waals surface area contributed by atoms with E-state index in [-0.39, 0.29) is 21.1 Å². The van der Waals surface area contributed by atoms with Crippen molar-refractivity contribution in [3.05, 3.63) is 41.2 Å². The van der Waals surface area contributed by atoms with Crippen LogP contribution in [0.4, 0.5) is 0 Å². The maximum Gasteiger partial charge on any atom is 0.242 e. The van der Waals surface area contributed by atoms with Crippen molar-refractivity contribution in [2.75, 3.05) is 0 Å². The molecule has 0 amide bonds. The summed E-state index contributed by atoms with van der Waals surface area (Å²) in [4.78, 5) is 7.60. The molecule has 108 valence electrons. The Balaban J connectivity index is 2.12. The van der Waals surface area contributed by atoms with Crippen LogP contribution in [0.1, 0.15) is 6.92 Å². The van der Waals surface area contributed by atoms with Crippen LogP contribution < -0.4 is 4.72 Å². The Hall–Kier alpha value is -1.15. The van der Waals surface area contributed by atoms with Crippen LogP contribution in [0.25, 0.3) is 0 Å². The lowest BCUT2D eigenvalue weighted by Gasteiger charge is -2.14. The second-order valence-electron chi connectivity index (χ2n) is 4.23. The standard InChI is InChI=1S/C11H12Cl2N4O2S/c1-8(6-17-3-2-14-7-17)16-20(18,19)9-4-10(12)11(13)15-5-9/h2-5,7-8,16H,6H2,1H3. The van der Waals surface area contributed by atoms with Crippen molar-refractivity contribution in [2.45, 2.75) is 24.4 Å². The van der Waals surface area contributed by atoms with Crippen molar-refractivity contribution in [3.8, 4) is 0 Å². The molecule has 0 aliphatic heterocycles. The van der Waals surface area contributed by atoms with E-state index in [9.17, 15) is 8.42 Å². The molecule has 20 heavy (non-hydrogen) atoms. The monoisotopic (exact) mass is 334 g/mol. The van der Waals surface area contributed by atoms with E-state index in [0.717, 1.165) is 0 Å². The molecule has 6 nitrogen and oxygen atoms in total. The molecular formula is C11H12Cl2N4O2S. The van der Waals surface area contributed by atoms with Crippen molar-refractivity contribution in [2.24, 2.45) is 0 Å². The van der Waals surface area contributed by atoms with Crippen LogP contribution >= 0.6 is 23.2 Å². The average Bonchev–Trinajstić information content (AvgIpc) is 2.84. The number of nitrogens with zero attached hydrogens (tertiary/aromatic N) is 3. The van der Waals surface area contributed by atoms with Crippen LogP contribution in [0.3, 0.4) is 0 Å². The van der Waals surface area contributed by atoms with Gasteiger partial charge in [0.1, 0.15) is 10.0 Å². The molecular weight excluding hydrogens is 323 g/mol. The van der Waals surface area contributed by atoms with Crippen molar-refractivity contribution >= 4 is 33.2 Å². The summed E-state index contributed by atoms with van der Waals surface area (Å²) in [5, 5.41) is 0.161. The molecule has 0 aromatic carbocycles. The SMILES string of the molecule is CC(Cn1ccnc1)NS(=O)(=O)c1cnc(Cl)c(Cl)c1. The Morgan fingerprint density at radius 2 is 2.20 bits per heavy atom. The largest absolute Gasteiger partial charge is 0.336 e. The summed E-state index contributed by atoms with van der Waals surface area (Å²) in [7, 11) is -3.69. The summed E-state index contributed by atoms with van der Waals surface area (Å²) >= 11 is 11.4. The molecule has 2 aromatic rings. The van der Waals surface area contributed by atoms with Gasteiger partial charge in [0.05, 0.1) is 11.3 Å². The quantitative estimate of drug-likeness (QED) is 0.848. The van der Waals surface area contributed by atoms with Crippen LogP contribution in [-0.4, -0.2) is 29.0 Å². The number of sulfonamides is 1. The summed E-state index contributed by atoms with van der Waals surface area (Å²) < 4.78 is 28.6. The summed E-state index contributed by atoms with van der Waals surface area (Å²) in [5.41, 5.74) is 0. The molecule has 9 heteroatoms. The molecule has 0 aliphatic rings. The molecule has 1 N–H and O–H groups in total. The fourth-order valence-corrected chi connectivity index (χ4v) is 3.17. The maximum atomic E-state index is 12.2. The Bertz CT molecular complexity index is 688. The van der Waals surface area contributed by atoms with Crippen molar-refractivity contribution in [3.63, 3.8) is 0 Å². The number of hydrogen-bond acceptors (Lipinski definition) is 4. The van der Waals surface area contributed by atoms with E-state index in [4.69, 9.17) is 23.2 Å². The molecule has 0 fully saturated rings. The predicted molar refractivity (Wildman–Crippen MR) is 76.3 cm³/mol. The number of rotatable bonds is 5. The lowest BCUT2D eigenvalue weighted by Crippen LogP contribution is -2.35. The highest BCUT2D eigenvalue weighted by Gasteiger charge is 2.19. The first-order chi connectivity index (χ1) is 9.38. The molecule has 2 heterocycles. The van der Waals surface area contributed by atoms with Gasteiger partial charge in [0.2, 0.25) is 10.0 Å². The number of hydrogen-bond donors (Lipinski definition) is 1. The first kappa shape index (κ1) is 15.2. The molecule has 2 rings (SSSR count). The lowest BCUT2D eigenvalue weighted by atomic mass is 10.4. The highest BCUT2D eigenvalue weighted by molar-refractivity contribution is 7.89. The second kappa shape index (κ2) is 6.09. The number of pyridine rings is 1. The van der Waals surface area contributed by atoms with E-state index in [2.05, 4.69) is 14.7 Å². The molecule has 0 radical (unpaired) electrons. The van der Waals surface area contributed by atoms with E-state index in [1.165, 1.54) is 12.3 Å². The fraction of sp³-hybridized carbons (Fsp3) is 0.273. The minimum atomic E-state index is -3.69. The van der Waals surface area contributed by atoms with Gasteiger partial charge in [-0.15, -0.1) is 0 Å². The van der Waals surface area contributed by atoms with Crippen LogP contribution in [0.15, 0.2) is 35.9 Å². The molecule has 2 aromatic heterocycles. The number of halogens is 2. The lowest BCUT2D eigenvalue weighted by molar-refractivity contribution is 0.520. The second-order valence-corrected chi connectivity index (χ2v) is 6.70. The third-order valence-corrected chi connectivity index (χ3v) is 4.72. The fourth-order valence-electron chi connectivity index (χ4n) is 1.63. The first-order valence-corrected chi connectivity index (χ1v) is 7.91. The zero-order valence-electron chi connectivity index (χ0n) is 10.5. The van der Waals surface area contributed by atoms with E-state index < -0.39 is 10.0 Å². The molecule has 0 aliphatic carbocycles. The maximum absolute atomic E-state index is 12.2. The predicted octanol–water partition coefficient (Wildman–Crippen LogP) is 1.95. The zero-order chi connectivity index (χ0) is 14.8. The van der Waals surface area contributed by atoms with Gasteiger partial charge in [-0.05, 0) is 13.0 Å². The molecule has 1 unspecified atom stereocenters. The van der Waals surface area contributed by atoms with Crippen LogP contribution in [-0.2, 0) is 16.6 Å². The van der Waals surface area contributed by atoms with Gasteiger partial charge < -0.3 is 4.57 Å². The minimum absolute atomic E-state index is 0.0237. The zero-order valence-corrected chi connectivity index (χ0v) is 12.8. The summed E-state index contributed by atoms with van der Waals surface area (Å²) in [6, 6.07) is 0.951. The first-order valence-electron chi connectivity index (χ1n) is 5.67. The van der Waals surface area contributed by atoms with E-state index >= 15 is 0 Å². The van der Waals surface area contributed by atoms with Crippen LogP contribution in [0, 0.1) is 0 Å². The third-order valence-electron chi connectivity index (χ3n) is 2.48. The highest BCUT2D eigenvalue weighted by Crippen LogP contribution is 2.22. The minimum Gasteiger partial charge on any atom is -0.336 e. The summed E-state index contributed by atoms with van der Waals surface area (Å²) in [6.07, 6.45) is 6.17. The smallest absolute Gasteiger partial charge is 0.242 e. The average molecular weight is 335 g/mol. The van der Waals surface area contributed by atoms with Gasteiger partial charge in [0.15, 0.2) is 0 Å². The van der Waals surface area contributed by atoms with Gasteiger partial charge in [-0.3, -0.25) is 0 Å². The Labute approximate surface area is 126 Å². The van der Waals surface area contributed by atoms with Gasteiger partial charge in [0, 0.05) is 31.2 Å². The topological polar surface area (TPSA) is 76.9 Å². The number of imidazole rings is 1. The molecule has 0 saturated carbocycles. The van der Waals surface area contributed by atoms with Gasteiger partial charge in [-0.1, -0.05) is 23.2 Å². The molecule has 0 saturated heterocycles. The van der Waals surface area contributed by atoms with Gasteiger partial charge in [-0.25, -0.2) is 23.1 Å². The van der Waals surface area contributed by atoms with E-state index in [1.807, 2.05) is 0 Å². The molecule has 1 atom stereocenters. The van der Waals surface area contributed by atoms with Crippen molar-refractivity contribution in [1.82, 2.24) is 19.3 Å². The normalized spacial score (nSPS) is 13.3. The van der Waals surface area contributed by atoms with Crippen LogP contribution in [0.5, 0.6) is 0 Å².